The molecule has 0 bridgehead atoms. The molecule has 6 nitrogen and oxygen atoms in total. The summed E-state index contributed by atoms with van der Waals surface area (Å²) in [5, 5.41) is 0. The van der Waals surface area contributed by atoms with Crippen molar-refractivity contribution in [1.29, 1.82) is 0 Å². The molecule has 0 saturated carbocycles. The van der Waals surface area contributed by atoms with Crippen LogP contribution in [0.3, 0.4) is 0 Å². The number of ether oxygens (including phenoxy) is 2. The lowest BCUT2D eigenvalue weighted by Crippen LogP contribution is -2.36. The third kappa shape index (κ3) is 2.87. The summed E-state index contributed by atoms with van der Waals surface area (Å²) >= 11 is 0. The summed E-state index contributed by atoms with van der Waals surface area (Å²) in [6, 6.07) is 4.67. The van der Waals surface area contributed by atoms with Crippen LogP contribution in [0, 0.1) is 0 Å². The molecule has 0 aromatic heterocycles. The Morgan fingerprint density at radius 3 is 2.55 bits per heavy atom. The van der Waals surface area contributed by atoms with Crippen LogP contribution in [0.1, 0.15) is 26.3 Å². The standard InChI is InChI=1S/C13H16O6S/c1-8(14)17-12-13(2,3)10-7-9(19-20(4,15)16)5-6-11(10)18-12/h5-7,12H,1-4H3. The van der Waals surface area contributed by atoms with E-state index in [1.54, 1.807) is 12.1 Å². The first-order chi connectivity index (χ1) is 9.09. The van der Waals surface area contributed by atoms with Gasteiger partial charge in [-0.25, -0.2) is 0 Å². The summed E-state index contributed by atoms with van der Waals surface area (Å²) in [4.78, 5) is 11.1. The number of benzene rings is 1. The van der Waals surface area contributed by atoms with Crippen molar-refractivity contribution in [2.24, 2.45) is 0 Å². The van der Waals surface area contributed by atoms with Crippen molar-refractivity contribution in [3.63, 3.8) is 0 Å². The second kappa shape index (κ2) is 4.66. The molecule has 20 heavy (non-hydrogen) atoms. The molecular formula is C13H16O6S. The molecule has 1 aliphatic heterocycles. The van der Waals surface area contributed by atoms with E-state index in [9.17, 15) is 13.2 Å². The molecule has 0 spiro atoms. The smallest absolute Gasteiger partial charge is 0.306 e. The predicted octanol–water partition coefficient (Wildman–Crippen LogP) is 1.58. The fraction of sp³-hybridized carbons (Fsp3) is 0.462. The van der Waals surface area contributed by atoms with Crippen molar-refractivity contribution < 1.29 is 26.9 Å². The molecule has 0 N–H and O–H groups in total. The van der Waals surface area contributed by atoms with Gasteiger partial charge in [0.15, 0.2) is 0 Å². The average Bonchev–Trinajstić information content (AvgIpc) is 2.49. The zero-order valence-electron chi connectivity index (χ0n) is 11.7. The van der Waals surface area contributed by atoms with Crippen molar-refractivity contribution in [2.45, 2.75) is 32.5 Å². The van der Waals surface area contributed by atoms with E-state index in [0.717, 1.165) is 11.8 Å². The Morgan fingerprint density at radius 1 is 1.35 bits per heavy atom. The van der Waals surface area contributed by atoms with Crippen molar-refractivity contribution >= 4 is 16.1 Å². The summed E-state index contributed by atoms with van der Waals surface area (Å²) in [7, 11) is -3.59. The lowest BCUT2D eigenvalue weighted by atomic mass is 9.85. The number of hydrogen-bond acceptors (Lipinski definition) is 6. The van der Waals surface area contributed by atoms with Gasteiger partial charge in [0.05, 0.1) is 11.7 Å². The van der Waals surface area contributed by atoms with E-state index in [1.165, 1.54) is 13.0 Å². The third-order valence-electron chi connectivity index (χ3n) is 2.99. The fourth-order valence-electron chi connectivity index (χ4n) is 2.05. The first-order valence-electron chi connectivity index (χ1n) is 5.97. The van der Waals surface area contributed by atoms with E-state index in [0.29, 0.717) is 5.75 Å². The predicted molar refractivity (Wildman–Crippen MR) is 71.1 cm³/mol. The highest BCUT2D eigenvalue weighted by Crippen LogP contribution is 2.44. The Morgan fingerprint density at radius 2 is 2.00 bits per heavy atom. The molecule has 110 valence electrons. The molecule has 1 aromatic carbocycles. The van der Waals surface area contributed by atoms with E-state index in [1.807, 2.05) is 13.8 Å². The molecule has 0 fully saturated rings. The number of fused-ring (bicyclic) bond motifs is 1. The first-order valence-corrected chi connectivity index (χ1v) is 7.79. The first kappa shape index (κ1) is 14.6. The van der Waals surface area contributed by atoms with E-state index in [2.05, 4.69) is 0 Å². The van der Waals surface area contributed by atoms with Crippen LogP contribution in [0.15, 0.2) is 18.2 Å². The molecule has 0 aliphatic carbocycles. The van der Waals surface area contributed by atoms with Gasteiger partial charge in [-0.05, 0) is 32.0 Å². The van der Waals surface area contributed by atoms with Crippen LogP contribution in [0.25, 0.3) is 0 Å². The highest BCUT2D eigenvalue weighted by Gasteiger charge is 2.44. The fourth-order valence-corrected chi connectivity index (χ4v) is 2.51. The lowest BCUT2D eigenvalue weighted by molar-refractivity contribution is -0.165. The van der Waals surface area contributed by atoms with Gasteiger partial charge in [-0.2, -0.15) is 8.42 Å². The summed E-state index contributed by atoms with van der Waals surface area (Å²) in [6.07, 6.45) is 0.229. The highest BCUT2D eigenvalue weighted by molar-refractivity contribution is 7.86. The van der Waals surface area contributed by atoms with Crippen LogP contribution in [0.2, 0.25) is 0 Å². The average molecular weight is 300 g/mol. The molecule has 1 aliphatic rings. The summed E-state index contributed by atoms with van der Waals surface area (Å²) in [6.45, 7) is 4.99. The quantitative estimate of drug-likeness (QED) is 0.623. The minimum absolute atomic E-state index is 0.200. The van der Waals surface area contributed by atoms with Crippen LogP contribution in [-0.4, -0.2) is 26.9 Å². The summed E-state index contributed by atoms with van der Waals surface area (Å²) < 4.78 is 37.8. The van der Waals surface area contributed by atoms with Gasteiger partial charge in [-0.15, -0.1) is 0 Å². The van der Waals surface area contributed by atoms with E-state index in [4.69, 9.17) is 13.7 Å². The lowest BCUT2D eigenvalue weighted by Gasteiger charge is -2.24. The molecule has 1 heterocycles. The van der Waals surface area contributed by atoms with Crippen LogP contribution in [0.4, 0.5) is 0 Å². The SMILES string of the molecule is CC(=O)OC1Oc2ccc(OS(C)(=O)=O)cc2C1(C)C. The van der Waals surface area contributed by atoms with Gasteiger partial charge in [0.1, 0.15) is 11.5 Å². The van der Waals surface area contributed by atoms with Crippen LogP contribution < -0.4 is 8.92 Å². The molecule has 1 unspecified atom stereocenters. The minimum atomic E-state index is -3.59. The van der Waals surface area contributed by atoms with Gasteiger partial charge in [0.25, 0.3) is 6.29 Å². The Hall–Kier alpha value is -1.76. The second-order valence-corrected chi connectivity index (χ2v) is 6.80. The molecule has 0 radical (unpaired) electrons. The number of esters is 1. The number of carbonyl (C=O) groups excluding carboxylic acids is 1. The van der Waals surface area contributed by atoms with Crippen molar-refractivity contribution in [2.75, 3.05) is 6.26 Å². The topological polar surface area (TPSA) is 78.9 Å². The normalized spacial score (nSPS) is 19.9. The zero-order chi connectivity index (χ0) is 15.1. The van der Waals surface area contributed by atoms with Gasteiger partial charge >= 0.3 is 16.1 Å². The second-order valence-electron chi connectivity index (χ2n) is 5.23. The van der Waals surface area contributed by atoms with Gasteiger partial charge in [0, 0.05) is 12.5 Å². The van der Waals surface area contributed by atoms with E-state index in [-0.39, 0.29) is 5.75 Å². The van der Waals surface area contributed by atoms with Crippen LogP contribution >= 0.6 is 0 Å². The maximum absolute atomic E-state index is 11.1. The van der Waals surface area contributed by atoms with Crippen molar-refractivity contribution in [3.05, 3.63) is 23.8 Å². The van der Waals surface area contributed by atoms with Gasteiger partial charge < -0.3 is 13.7 Å². The van der Waals surface area contributed by atoms with Crippen LogP contribution in [0.5, 0.6) is 11.5 Å². The maximum Gasteiger partial charge on any atom is 0.306 e. The molecule has 2 rings (SSSR count). The number of carbonyl (C=O) groups is 1. The molecule has 1 atom stereocenters. The van der Waals surface area contributed by atoms with Gasteiger partial charge in [-0.3, -0.25) is 4.79 Å². The largest absolute Gasteiger partial charge is 0.454 e. The molecule has 1 aromatic rings. The van der Waals surface area contributed by atoms with Gasteiger partial charge in [0.2, 0.25) is 0 Å². The van der Waals surface area contributed by atoms with Crippen molar-refractivity contribution in [3.8, 4) is 11.5 Å². The van der Waals surface area contributed by atoms with E-state index >= 15 is 0 Å². The molecule has 0 amide bonds. The Bertz CT molecular complexity index is 647. The molecular weight excluding hydrogens is 284 g/mol. The monoisotopic (exact) mass is 300 g/mol. The van der Waals surface area contributed by atoms with Crippen LogP contribution in [-0.2, 0) is 25.1 Å². The Balaban J connectivity index is 2.35. The third-order valence-corrected chi connectivity index (χ3v) is 3.48. The number of hydrogen-bond donors (Lipinski definition) is 0. The zero-order valence-corrected chi connectivity index (χ0v) is 12.5. The Kier molecular flexibility index (Phi) is 3.41. The summed E-state index contributed by atoms with van der Waals surface area (Å²) in [5.41, 5.74) is 0.127. The maximum atomic E-state index is 11.1. The summed E-state index contributed by atoms with van der Waals surface area (Å²) in [5.74, 6) is 0.303. The highest BCUT2D eigenvalue weighted by atomic mass is 32.2. The molecule has 0 saturated heterocycles. The van der Waals surface area contributed by atoms with E-state index < -0.39 is 27.8 Å². The van der Waals surface area contributed by atoms with Crippen molar-refractivity contribution in [1.82, 2.24) is 0 Å². The Labute approximate surface area is 117 Å². The molecule has 7 heteroatoms. The number of rotatable bonds is 3. The van der Waals surface area contributed by atoms with Gasteiger partial charge in [-0.1, -0.05) is 0 Å². The minimum Gasteiger partial charge on any atom is -0.454 e.